The van der Waals surface area contributed by atoms with Crippen molar-refractivity contribution in [3.8, 4) is 0 Å². The highest BCUT2D eigenvalue weighted by Crippen LogP contribution is 2.23. The Balaban J connectivity index is 2.06. The van der Waals surface area contributed by atoms with Crippen LogP contribution in [0.2, 0.25) is 0 Å². The van der Waals surface area contributed by atoms with Gasteiger partial charge in [-0.15, -0.1) is 0 Å². The topological polar surface area (TPSA) is 15.3 Å². The molecule has 1 N–H and O–H groups in total. The second-order valence-electron chi connectivity index (χ2n) is 5.63. The van der Waals surface area contributed by atoms with Gasteiger partial charge in [0.2, 0.25) is 0 Å². The van der Waals surface area contributed by atoms with Gasteiger partial charge in [0.05, 0.1) is 0 Å². The number of aryl methyl sites for hydroxylation is 1. The molecule has 1 aromatic heterocycles. The fraction of sp³-hybridized carbons (Fsp3) is 0.714. The second kappa shape index (κ2) is 5.09. The van der Waals surface area contributed by atoms with Crippen LogP contribution in [0.3, 0.4) is 0 Å². The van der Waals surface area contributed by atoms with Crippen LogP contribution < -0.4 is 5.32 Å². The van der Waals surface area contributed by atoms with Gasteiger partial charge in [0.1, 0.15) is 0 Å². The van der Waals surface area contributed by atoms with E-state index in [0.717, 1.165) is 19.6 Å². The molecule has 2 nitrogen and oxygen atoms in total. The van der Waals surface area contributed by atoms with Gasteiger partial charge >= 0.3 is 0 Å². The van der Waals surface area contributed by atoms with Crippen molar-refractivity contribution in [1.82, 2.24) is 10.2 Å². The molecular weight excluding hydrogens is 228 g/mol. The molecule has 1 saturated heterocycles. The maximum Gasteiger partial charge on any atom is 0.0278 e. The molecule has 2 rings (SSSR count). The lowest BCUT2D eigenvalue weighted by Gasteiger charge is -2.45. The molecule has 1 aromatic rings. The first-order valence-corrected chi connectivity index (χ1v) is 7.49. The van der Waals surface area contributed by atoms with Crippen LogP contribution in [0.1, 0.15) is 38.3 Å². The van der Waals surface area contributed by atoms with Gasteiger partial charge in [0.15, 0.2) is 0 Å². The zero-order valence-electron chi connectivity index (χ0n) is 11.4. The summed E-state index contributed by atoms with van der Waals surface area (Å²) in [6.07, 6.45) is 1.19. The smallest absolute Gasteiger partial charge is 0.0278 e. The van der Waals surface area contributed by atoms with E-state index in [9.17, 15) is 0 Å². The molecule has 2 heterocycles. The van der Waals surface area contributed by atoms with Crippen LogP contribution in [0.15, 0.2) is 10.8 Å². The Hall–Kier alpha value is -0.380. The summed E-state index contributed by atoms with van der Waals surface area (Å²) >= 11 is 1.82. The molecule has 2 atom stereocenters. The third-order valence-corrected chi connectivity index (χ3v) is 5.03. The van der Waals surface area contributed by atoms with Gasteiger partial charge in [-0.1, -0.05) is 6.92 Å². The van der Waals surface area contributed by atoms with E-state index in [4.69, 9.17) is 0 Å². The Morgan fingerprint density at radius 3 is 2.88 bits per heavy atom. The van der Waals surface area contributed by atoms with Crippen LogP contribution in [0.4, 0.5) is 0 Å². The molecule has 17 heavy (non-hydrogen) atoms. The average Bonchev–Trinajstić information content (AvgIpc) is 2.70. The summed E-state index contributed by atoms with van der Waals surface area (Å²) in [6.45, 7) is 12.5. The number of nitrogens with zero attached hydrogens (tertiary/aromatic N) is 1. The van der Waals surface area contributed by atoms with E-state index in [2.05, 4.69) is 48.7 Å². The maximum absolute atomic E-state index is 3.68. The molecule has 96 valence electrons. The average molecular weight is 252 g/mol. The predicted octanol–water partition coefficient (Wildman–Crippen LogP) is 3.02. The molecule has 1 fully saturated rings. The third-order valence-electron chi connectivity index (χ3n) is 4.12. The van der Waals surface area contributed by atoms with E-state index in [1.807, 2.05) is 11.3 Å². The van der Waals surface area contributed by atoms with E-state index in [0.29, 0.717) is 6.04 Å². The fourth-order valence-electron chi connectivity index (χ4n) is 2.40. The maximum atomic E-state index is 3.68. The highest BCUT2D eigenvalue weighted by atomic mass is 32.1. The third kappa shape index (κ3) is 2.90. The number of nitrogens with one attached hydrogen (secondary N) is 1. The molecular formula is C14H24N2S. The zero-order valence-corrected chi connectivity index (χ0v) is 12.2. The van der Waals surface area contributed by atoms with Gasteiger partial charge in [-0.05, 0) is 49.1 Å². The zero-order chi connectivity index (χ0) is 12.5. The van der Waals surface area contributed by atoms with Gasteiger partial charge in [-0.25, -0.2) is 0 Å². The summed E-state index contributed by atoms with van der Waals surface area (Å²) in [4.78, 5) is 2.62. The molecule has 2 unspecified atom stereocenters. The van der Waals surface area contributed by atoms with Crippen LogP contribution in [-0.2, 0) is 6.54 Å². The summed E-state index contributed by atoms with van der Waals surface area (Å²) in [7, 11) is 0. The molecule has 1 aliphatic heterocycles. The quantitative estimate of drug-likeness (QED) is 0.889. The van der Waals surface area contributed by atoms with Crippen LogP contribution in [0, 0.1) is 6.92 Å². The van der Waals surface area contributed by atoms with E-state index in [1.165, 1.54) is 17.5 Å². The summed E-state index contributed by atoms with van der Waals surface area (Å²) in [5.74, 6) is 0. The second-order valence-corrected chi connectivity index (χ2v) is 6.37. The molecule has 0 radical (unpaired) electrons. The van der Waals surface area contributed by atoms with Crippen molar-refractivity contribution in [3.63, 3.8) is 0 Å². The first-order chi connectivity index (χ1) is 8.04. The van der Waals surface area contributed by atoms with Crippen molar-refractivity contribution in [3.05, 3.63) is 21.9 Å². The van der Waals surface area contributed by atoms with Crippen LogP contribution in [0.5, 0.6) is 0 Å². The lowest BCUT2D eigenvalue weighted by Crippen LogP contribution is -2.61. The summed E-state index contributed by atoms with van der Waals surface area (Å²) < 4.78 is 0. The number of rotatable bonds is 3. The first-order valence-electron chi connectivity index (χ1n) is 6.55. The summed E-state index contributed by atoms with van der Waals surface area (Å²) in [5.41, 5.74) is 3.23. The van der Waals surface area contributed by atoms with Gasteiger partial charge in [0.25, 0.3) is 0 Å². The Bertz CT molecular complexity index is 374. The van der Waals surface area contributed by atoms with Gasteiger partial charge in [-0.2, -0.15) is 11.3 Å². The molecule has 0 amide bonds. The Morgan fingerprint density at radius 2 is 2.29 bits per heavy atom. The highest BCUT2D eigenvalue weighted by molar-refractivity contribution is 7.08. The van der Waals surface area contributed by atoms with E-state index in [-0.39, 0.29) is 5.54 Å². The Kier molecular flexibility index (Phi) is 3.91. The van der Waals surface area contributed by atoms with Crippen LogP contribution in [-0.4, -0.2) is 29.6 Å². The van der Waals surface area contributed by atoms with Crippen molar-refractivity contribution in [1.29, 1.82) is 0 Å². The normalized spacial score (nSPS) is 30.7. The fourth-order valence-corrected chi connectivity index (χ4v) is 3.25. The minimum Gasteiger partial charge on any atom is -0.309 e. The van der Waals surface area contributed by atoms with Crippen LogP contribution >= 0.6 is 11.3 Å². The number of piperazine rings is 1. The standard InChI is InChI=1S/C14H24N2S/c1-5-14(4)10-16(12(3)6-15-14)7-13-9-17-8-11(13)2/h8-9,12,15H,5-7,10H2,1-4H3. The van der Waals surface area contributed by atoms with Gasteiger partial charge in [-0.3, -0.25) is 4.90 Å². The van der Waals surface area contributed by atoms with Crippen molar-refractivity contribution in [2.24, 2.45) is 0 Å². The van der Waals surface area contributed by atoms with E-state index >= 15 is 0 Å². The molecule has 0 spiro atoms. The minimum absolute atomic E-state index is 0.288. The predicted molar refractivity (Wildman–Crippen MR) is 75.6 cm³/mol. The molecule has 0 bridgehead atoms. The first kappa shape index (κ1) is 13.1. The lowest BCUT2D eigenvalue weighted by molar-refractivity contribution is 0.0865. The number of hydrogen-bond acceptors (Lipinski definition) is 3. The van der Waals surface area contributed by atoms with Crippen molar-refractivity contribution < 1.29 is 0 Å². The van der Waals surface area contributed by atoms with Gasteiger partial charge in [0, 0.05) is 31.2 Å². The largest absolute Gasteiger partial charge is 0.309 e. The molecule has 3 heteroatoms. The van der Waals surface area contributed by atoms with E-state index < -0.39 is 0 Å². The highest BCUT2D eigenvalue weighted by Gasteiger charge is 2.32. The minimum atomic E-state index is 0.288. The number of thiophene rings is 1. The van der Waals surface area contributed by atoms with E-state index in [1.54, 1.807) is 0 Å². The molecule has 1 aliphatic rings. The van der Waals surface area contributed by atoms with Crippen molar-refractivity contribution in [2.75, 3.05) is 13.1 Å². The summed E-state index contributed by atoms with van der Waals surface area (Å²) in [5, 5.41) is 8.23. The molecule has 0 aromatic carbocycles. The van der Waals surface area contributed by atoms with Gasteiger partial charge < -0.3 is 5.32 Å². The molecule has 0 saturated carbocycles. The molecule has 0 aliphatic carbocycles. The van der Waals surface area contributed by atoms with Crippen molar-refractivity contribution >= 4 is 11.3 Å². The van der Waals surface area contributed by atoms with Crippen molar-refractivity contribution in [2.45, 2.75) is 52.2 Å². The lowest BCUT2D eigenvalue weighted by atomic mass is 9.93. The van der Waals surface area contributed by atoms with Crippen LogP contribution in [0.25, 0.3) is 0 Å². The monoisotopic (exact) mass is 252 g/mol. The SMILES string of the molecule is CCC1(C)CN(Cc2cscc2C)C(C)CN1. The Morgan fingerprint density at radius 1 is 1.53 bits per heavy atom. The number of hydrogen-bond donors (Lipinski definition) is 1. The summed E-state index contributed by atoms with van der Waals surface area (Å²) in [6, 6.07) is 0.633. The Labute approximate surface area is 109 Å².